The molecular weight excluding hydrogens is 364 g/mol. The highest BCUT2D eigenvalue weighted by Gasteiger charge is 2.09. The van der Waals surface area contributed by atoms with Crippen molar-refractivity contribution < 1.29 is 13.9 Å². The van der Waals surface area contributed by atoms with Gasteiger partial charge in [-0.3, -0.25) is 4.79 Å². The van der Waals surface area contributed by atoms with Gasteiger partial charge in [-0.1, -0.05) is 42.5 Å². The molecule has 0 saturated heterocycles. The van der Waals surface area contributed by atoms with Gasteiger partial charge < -0.3 is 19.0 Å². The summed E-state index contributed by atoms with van der Waals surface area (Å²) in [5, 5.41) is 4.17. The number of aryl methyl sites for hydroxylation is 1. The third-order valence-electron chi connectivity index (χ3n) is 4.89. The van der Waals surface area contributed by atoms with Gasteiger partial charge in [-0.25, -0.2) is 0 Å². The zero-order valence-electron chi connectivity index (χ0n) is 16.4. The fourth-order valence-corrected chi connectivity index (χ4v) is 3.45. The smallest absolute Gasteiger partial charge is 0.240 e. The largest absolute Gasteiger partial charge is 0.467 e. The van der Waals surface area contributed by atoms with E-state index in [9.17, 15) is 4.79 Å². The second-order valence-electron chi connectivity index (χ2n) is 7.10. The highest BCUT2D eigenvalue weighted by Crippen LogP contribution is 2.19. The van der Waals surface area contributed by atoms with Crippen molar-refractivity contribution in [3.63, 3.8) is 0 Å². The number of hydrogen-bond donors (Lipinski definition) is 1. The van der Waals surface area contributed by atoms with Crippen LogP contribution in [-0.2, 0) is 35.8 Å². The molecule has 29 heavy (non-hydrogen) atoms. The minimum absolute atomic E-state index is 0.00562. The Bertz CT molecular complexity index is 1100. The van der Waals surface area contributed by atoms with Crippen LogP contribution in [0.15, 0.2) is 77.4 Å². The Morgan fingerprint density at radius 1 is 1.00 bits per heavy atom. The molecule has 0 bridgehead atoms. The van der Waals surface area contributed by atoms with Crippen LogP contribution in [-0.4, -0.2) is 10.5 Å². The average molecular weight is 388 g/mol. The predicted octanol–water partition coefficient (Wildman–Crippen LogP) is 4.58. The van der Waals surface area contributed by atoms with Crippen LogP contribution in [0.25, 0.3) is 10.9 Å². The molecule has 2 heterocycles. The normalized spacial score (nSPS) is 11.1. The van der Waals surface area contributed by atoms with E-state index < -0.39 is 0 Å². The number of nitrogens with zero attached hydrogens (tertiary/aromatic N) is 1. The van der Waals surface area contributed by atoms with Crippen LogP contribution < -0.4 is 5.32 Å². The lowest BCUT2D eigenvalue weighted by Crippen LogP contribution is -2.27. The van der Waals surface area contributed by atoms with Crippen molar-refractivity contribution >= 4 is 16.8 Å². The van der Waals surface area contributed by atoms with E-state index in [0.717, 1.165) is 33.5 Å². The second kappa shape index (κ2) is 8.80. The molecule has 0 spiro atoms. The number of amides is 1. The molecule has 0 fully saturated rings. The maximum absolute atomic E-state index is 12.5. The number of furan rings is 1. The Kier molecular flexibility index (Phi) is 5.77. The van der Waals surface area contributed by atoms with Crippen LogP contribution in [0.1, 0.15) is 22.6 Å². The summed E-state index contributed by atoms with van der Waals surface area (Å²) in [5.74, 6) is 0.801. The van der Waals surface area contributed by atoms with E-state index in [-0.39, 0.29) is 5.91 Å². The highest BCUT2D eigenvalue weighted by atomic mass is 16.5. The number of aromatic nitrogens is 1. The Balaban J connectivity index is 1.31. The van der Waals surface area contributed by atoms with Gasteiger partial charge in [0.05, 0.1) is 12.9 Å². The first-order valence-corrected chi connectivity index (χ1v) is 9.68. The highest BCUT2D eigenvalue weighted by molar-refractivity contribution is 5.84. The number of fused-ring (bicyclic) bond motifs is 1. The van der Waals surface area contributed by atoms with E-state index in [2.05, 4.69) is 23.5 Å². The van der Waals surface area contributed by atoms with Gasteiger partial charge in [0.15, 0.2) is 0 Å². The molecular formula is C24H24N2O3. The molecule has 0 atom stereocenters. The monoisotopic (exact) mass is 388 g/mol. The SMILES string of the molecule is Cc1cc2ccccc2n1CC(=O)NCc1cccc(COCc2ccco2)c1. The summed E-state index contributed by atoms with van der Waals surface area (Å²) < 4.78 is 13.0. The number of para-hydroxylation sites is 1. The minimum atomic E-state index is -0.00562. The van der Waals surface area contributed by atoms with Gasteiger partial charge in [0.2, 0.25) is 5.91 Å². The van der Waals surface area contributed by atoms with Crippen molar-refractivity contribution in [3.8, 4) is 0 Å². The zero-order valence-corrected chi connectivity index (χ0v) is 16.4. The summed E-state index contributed by atoms with van der Waals surface area (Å²) in [6.07, 6.45) is 1.64. The first kappa shape index (κ1) is 19.0. The number of benzene rings is 2. The average Bonchev–Trinajstić information content (AvgIpc) is 3.35. The van der Waals surface area contributed by atoms with Crippen LogP contribution in [0.2, 0.25) is 0 Å². The molecule has 1 amide bonds. The molecule has 0 saturated carbocycles. The third-order valence-corrected chi connectivity index (χ3v) is 4.89. The maximum atomic E-state index is 12.5. The van der Waals surface area contributed by atoms with Crippen LogP contribution in [0.3, 0.4) is 0 Å². The van der Waals surface area contributed by atoms with Gasteiger partial charge in [0.1, 0.15) is 18.9 Å². The summed E-state index contributed by atoms with van der Waals surface area (Å²) in [6, 6.07) is 22.0. The summed E-state index contributed by atoms with van der Waals surface area (Å²) in [6.45, 7) is 3.77. The van der Waals surface area contributed by atoms with Crippen molar-refractivity contribution in [1.82, 2.24) is 9.88 Å². The van der Waals surface area contributed by atoms with Crippen molar-refractivity contribution in [2.75, 3.05) is 0 Å². The van der Waals surface area contributed by atoms with Crippen molar-refractivity contribution in [1.29, 1.82) is 0 Å². The van der Waals surface area contributed by atoms with Gasteiger partial charge in [0, 0.05) is 17.8 Å². The number of hydrogen-bond acceptors (Lipinski definition) is 3. The van der Waals surface area contributed by atoms with Gasteiger partial charge >= 0.3 is 0 Å². The minimum Gasteiger partial charge on any atom is -0.467 e. The first-order valence-electron chi connectivity index (χ1n) is 9.68. The Morgan fingerprint density at radius 3 is 2.72 bits per heavy atom. The molecule has 2 aromatic carbocycles. The predicted molar refractivity (Wildman–Crippen MR) is 112 cm³/mol. The molecule has 5 nitrogen and oxygen atoms in total. The molecule has 0 aliphatic rings. The van der Waals surface area contributed by atoms with E-state index in [4.69, 9.17) is 9.15 Å². The van der Waals surface area contributed by atoms with Crippen LogP contribution in [0.5, 0.6) is 0 Å². The molecule has 1 N–H and O–H groups in total. The quantitative estimate of drug-likeness (QED) is 0.481. The Labute approximate surface area is 169 Å². The summed E-state index contributed by atoms with van der Waals surface area (Å²) in [4.78, 5) is 12.5. The number of carbonyl (C=O) groups excluding carboxylic acids is 1. The molecule has 0 aliphatic heterocycles. The number of ether oxygens (including phenoxy) is 1. The van der Waals surface area contributed by atoms with Crippen LogP contribution in [0, 0.1) is 6.92 Å². The summed E-state index contributed by atoms with van der Waals surface area (Å²) >= 11 is 0. The van der Waals surface area contributed by atoms with E-state index in [0.29, 0.717) is 26.3 Å². The van der Waals surface area contributed by atoms with E-state index in [1.54, 1.807) is 6.26 Å². The second-order valence-corrected chi connectivity index (χ2v) is 7.10. The fraction of sp³-hybridized carbons (Fsp3) is 0.208. The number of rotatable bonds is 8. The molecule has 0 radical (unpaired) electrons. The zero-order chi connectivity index (χ0) is 20.1. The summed E-state index contributed by atoms with van der Waals surface area (Å²) in [5.41, 5.74) is 4.27. The molecule has 5 heteroatoms. The molecule has 2 aromatic heterocycles. The molecule has 148 valence electrons. The number of nitrogens with one attached hydrogen (secondary N) is 1. The van der Waals surface area contributed by atoms with Gasteiger partial charge in [-0.2, -0.15) is 0 Å². The first-order chi connectivity index (χ1) is 14.2. The van der Waals surface area contributed by atoms with E-state index in [1.807, 2.05) is 60.0 Å². The Morgan fingerprint density at radius 2 is 1.86 bits per heavy atom. The lowest BCUT2D eigenvalue weighted by atomic mass is 10.1. The summed E-state index contributed by atoms with van der Waals surface area (Å²) in [7, 11) is 0. The van der Waals surface area contributed by atoms with Crippen molar-refractivity contribution in [2.24, 2.45) is 0 Å². The van der Waals surface area contributed by atoms with Gasteiger partial charge in [-0.15, -0.1) is 0 Å². The Hall–Kier alpha value is -3.31. The molecule has 4 rings (SSSR count). The van der Waals surface area contributed by atoms with Crippen molar-refractivity contribution in [2.45, 2.75) is 33.2 Å². The van der Waals surface area contributed by atoms with E-state index in [1.165, 1.54) is 0 Å². The van der Waals surface area contributed by atoms with Crippen LogP contribution in [0.4, 0.5) is 0 Å². The lowest BCUT2D eigenvalue weighted by molar-refractivity contribution is -0.121. The maximum Gasteiger partial charge on any atom is 0.240 e. The van der Waals surface area contributed by atoms with Gasteiger partial charge in [0.25, 0.3) is 0 Å². The molecule has 0 aliphatic carbocycles. The number of carbonyl (C=O) groups is 1. The standard InChI is InChI=1S/C24H24N2O3/c1-18-12-21-8-2-3-10-23(21)26(18)15-24(27)25-14-19-6-4-7-20(13-19)16-28-17-22-9-5-11-29-22/h2-13H,14-17H2,1H3,(H,25,27). The molecule has 0 unspecified atom stereocenters. The third kappa shape index (κ3) is 4.76. The molecule has 4 aromatic rings. The lowest BCUT2D eigenvalue weighted by Gasteiger charge is -2.10. The fourth-order valence-electron chi connectivity index (χ4n) is 3.45. The van der Waals surface area contributed by atoms with Crippen molar-refractivity contribution in [3.05, 3.63) is 95.6 Å². The van der Waals surface area contributed by atoms with Gasteiger partial charge in [-0.05, 0) is 47.7 Å². The van der Waals surface area contributed by atoms with Crippen LogP contribution >= 0.6 is 0 Å². The van der Waals surface area contributed by atoms with E-state index >= 15 is 0 Å². The topological polar surface area (TPSA) is 56.4 Å².